The molecule has 0 saturated heterocycles. The van der Waals surface area contributed by atoms with Crippen LogP contribution in [0.2, 0.25) is 0 Å². The van der Waals surface area contributed by atoms with Crippen LogP contribution in [0.3, 0.4) is 0 Å². The van der Waals surface area contributed by atoms with Crippen LogP contribution in [0.1, 0.15) is 17.0 Å². The quantitative estimate of drug-likeness (QED) is 0.242. The molecule has 0 radical (unpaired) electrons. The largest absolute Gasteiger partial charge is 0.472 e. The van der Waals surface area contributed by atoms with Gasteiger partial charge in [0.2, 0.25) is 12.6 Å². The summed E-state index contributed by atoms with van der Waals surface area (Å²) in [6.07, 6.45) is 3.72. The van der Waals surface area contributed by atoms with E-state index in [1.54, 1.807) is 36.0 Å². The van der Waals surface area contributed by atoms with E-state index in [1.807, 2.05) is 11.4 Å². The molecular weight excluding hydrogens is 457 g/mol. The Kier molecular flexibility index (Phi) is 6.58. The number of aromatic nitrogens is 4. The number of nitrogen functional groups attached to an aromatic ring is 1. The lowest BCUT2D eigenvalue weighted by Gasteiger charge is -2.07. The van der Waals surface area contributed by atoms with Crippen molar-refractivity contribution in [1.29, 1.82) is 0 Å². The molecule has 166 valence electrons. The lowest BCUT2D eigenvalue weighted by Crippen LogP contribution is -2.38. The molecule has 0 fully saturated rings. The van der Waals surface area contributed by atoms with Crippen molar-refractivity contribution in [3.05, 3.63) is 70.6 Å². The van der Waals surface area contributed by atoms with E-state index in [4.69, 9.17) is 24.8 Å². The molecule has 0 spiro atoms. The zero-order chi connectivity index (χ0) is 22.6. The molecule has 4 N–H and O–H groups in total. The van der Waals surface area contributed by atoms with Crippen LogP contribution in [-0.4, -0.2) is 24.9 Å². The number of nitrogens with zero attached hydrogens (tertiary/aromatic N) is 4. The number of ether oxygens (including phenoxy) is 1. The molecule has 0 amide bonds. The Bertz CT molecular complexity index is 1230. The van der Waals surface area contributed by atoms with E-state index < -0.39 is 14.6 Å². The van der Waals surface area contributed by atoms with E-state index in [9.17, 15) is 4.57 Å². The number of nitrogens with two attached hydrogens (primary N) is 1. The second kappa shape index (κ2) is 9.55. The summed E-state index contributed by atoms with van der Waals surface area (Å²) in [6, 6.07) is 8.78. The first-order valence-electron chi connectivity index (χ1n) is 9.26. The molecule has 11 nitrogen and oxygen atoms in total. The standard InChI is InChI=1S/C19H18N5O6PS/c20-19-16(2-1-5-24(19)12-29-31(25,26)27)17-7-14(23-30-17)6-13-3-4-18(21-8-13)28-9-15-10-32-11-22-15/h1-5,7-8,10-11,20H,6,9,12H2,(H2,25,26,27)/p+1. The molecule has 0 aliphatic carbocycles. The number of anilines is 1. The summed E-state index contributed by atoms with van der Waals surface area (Å²) in [6.45, 7) is -0.0479. The van der Waals surface area contributed by atoms with Gasteiger partial charge in [-0.25, -0.2) is 23.6 Å². The first kappa shape index (κ1) is 22.1. The number of rotatable bonds is 9. The molecule has 0 aliphatic rings. The van der Waals surface area contributed by atoms with Gasteiger partial charge in [0.1, 0.15) is 12.2 Å². The Morgan fingerprint density at radius 3 is 2.81 bits per heavy atom. The minimum Gasteiger partial charge on any atom is -0.471 e. The highest BCUT2D eigenvalue weighted by Crippen LogP contribution is 2.35. The molecule has 32 heavy (non-hydrogen) atoms. The molecule has 4 heterocycles. The van der Waals surface area contributed by atoms with Gasteiger partial charge in [0.25, 0.3) is 5.82 Å². The summed E-state index contributed by atoms with van der Waals surface area (Å²) >= 11 is 1.51. The SMILES string of the molecule is Nc1c(-c2cc(Cc3ccc(OCc4cscn4)nc3)no2)ccc[n+]1COP(=O)(O)O. The van der Waals surface area contributed by atoms with Crippen molar-refractivity contribution in [2.75, 3.05) is 5.73 Å². The highest BCUT2D eigenvalue weighted by Gasteiger charge is 2.20. The monoisotopic (exact) mass is 476 g/mol. The first-order valence-corrected chi connectivity index (χ1v) is 11.7. The number of pyridine rings is 2. The summed E-state index contributed by atoms with van der Waals surface area (Å²) in [5.41, 5.74) is 10.8. The van der Waals surface area contributed by atoms with Crippen LogP contribution in [-0.2, 0) is 28.8 Å². The smallest absolute Gasteiger partial charge is 0.471 e. The maximum atomic E-state index is 10.9. The Labute approximate surface area is 186 Å². The zero-order valence-electron chi connectivity index (χ0n) is 16.6. The van der Waals surface area contributed by atoms with Crippen molar-refractivity contribution >= 4 is 25.0 Å². The Morgan fingerprint density at radius 1 is 1.22 bits per heavy atom. The van der Waals surface area contributed by atoms with E-state index in [0.29, 0.717) is 35.9 Å². The number of hydrogen-bond acceptors (Lipinski definition) is 9. The Balaban J connectivity index is 1.41. The van der Waals surface area contributed by atoms with Crippen LogP contribution >= 0.6 is 19.2 Å². The van der Waals surface area contributed by atoms with Crippen molar-refractivity contribution in [3.63, 3.8) is 0 Å². The van der Waals surface area contributed by atoms with E-state index in [1.165, 1.54) is 22.1 Å². The molecule has 0 unspecified atom stereocenters. The van der Waals surface area contributed by atoms with Crippen LogP contribution < -0.4 is 15.0 Å². The molecule has 4 aromatic rings. The predicted octanol–water partition coefficient (Wildman–Crippen LogP) is 2.30. The summed E-state index contributed by atoms with van der Waals surface area (Å²) in [7, 11) is -4.62. The van der Waals surface area contributed by atoms with Gasteiger partial charge in [0.15, 0.2) is 5.76 Å². The van der Waals surface area contributed by atoms with Crippen LogP contribution in [0, 0.1) is 0 Å². The molecule has 0 atom stereocenters. The van der Waals surface area contributed by atoms with Crippen molar-refractivity contribution in [2.24, 2.45) is 0 Å². The van der Waals surface area contributed by atoms with E-state index in [0.717, 1.165) is 11.3 Å². The molecule has 0 bridgehead atoms. The van der Waals surface area contributed by atoms with Crippen molar-refractivity contribution in [3.8, 4) is 17.2 Å². The van der Waals surface area contributed by atoms with Crippen LogP contribution in [0.5, 0.6) is 5.88 Å². The molecule has 0 saturated carbocycles. The predicted molar refractivity (Wildman–Crippen MR) is 113 cm³/mol. The zero-order valence-corrected chi connectivity index (χ0v) is 18.3. The van der Waals surface area contributed by atoms with Gasteiger partial charge in [-0.3, -0.25) is 5.73 Å². The van der Waals surface area contributed by atoms with E-state index in [-0.39, 0.29) is 5.82 Å². The van der Waals surface area contributed by atoms with E-state index in [2.05, 4.69) is 19.6 Å². The van der Waals surface area contributed by atoms with Crippen molar-refractivity contribution in [1.82, 2.24) is 15.1 Å². The summed E-state index contributed by atoms with van der Waals surface area (Å²) in [4.78, 5) is 26.2. The van der Waals surface area contributed by atoms with Gasteiger partial charge in [-0.2, -0.15) is 0 Å². The average Bonchev–Trinajstić information content (AvgIpc) is 3.44. The number of phosphoric acid groups is 1. The van der Waals surface area contributed by atoms with Crippen LogP contribution in [0.25, 0.3) is 11.3 Å². The van der Waals surface area contributed by atoms with Crippen LogP contribution in [0.15, 0.2) is 58.1 Å². The lowest BCUT2D eigenvalue weighted by molar-refractivity contribution is -0.711. The fraction of sp³-hybridized carbons (Fsp3) is 0.158. The van der Waals surface area contributed by atoms with Gasteiger partial charge >= 0.3 is 7.82 Å². The molecule has 4 rings (SSSR count). The third-order valence-electron chi connectivity index (χ3n) is 4.34. The third-order valence-corrected chi connectivity index (χ3v) is 5.43. The second-order valence-corrected chi connectivity index (χ2v) is 8.62. The lowest BCUT2D eigenvalue weighted by atomic mass is 10.1. The highest BCUT2D eigenvalue weighted by atomic mass is 32.1. The third kappa shape index (κ3) is 5.75. The fourth-order valence-corrected chi connectivity index (χ4v) is 3.63. The molecule has 13 heteroatoms. The second-order valence-electron chi connectivity index (χ2n) is 6.66. The van der Waals surface area contributed by atoms with Gasteiger partial charge in [-0.15, -0.1) is 11.3 Å². The van der Waals surface area contributed by atoms with E-state index >= 15 is 0 Å². The molecule has 4 aromatic heterocycles. The number of phosphoric ester groups is 1. The Morgan fingerprint density at radius 2 is 2.09 bits per heavy atom. The van der Waals surface area contributed by atoms with Gasteiger partial charge in [-0.1, -0.05) is 11.2 Å². The average molecular weight is 476 g/mol. The van der Waals surface area contributed by atoms with Gasteiger partial charge in [-0.05, 0) is 17.7 Å². The highest BCUT2D eigenvalue weighted by molar-refractivity contribution is 7.46. The number of hydrogen-bond donors (Lipinski definition) is 3. The molecular formula is C19H19N5O6PS+. The molecule has 0 aliphatic heterocycles. The Hall–Kier alpha value is -3.15. The van der Waals surface area contributed by atoms with Crippen LogP contribution in [0.4, 0.5) is 5.82 Å². The summed E-state index contributed by atoms with van der Waals surface area (Å²) < 4.78 is 27.8. The normalized spacial score (nSPS) is 11.6. The van der Waals surface area contributed by atoms with Gasteiger partial charge in [0, 0.05) is 30.1 Å². The molecule has 0 aromatic carbocycles. The fourth-order valence-electron chi connectivity index (χ4n) is 2.81. The number of thiazole rings is 1. The van der Waals surface area contributed by atoms with Crippen molar-refractivity contribution < 1.29 is 32.7 Å². The van der Waals surface area contributed by atoms with Gasteiger partial charge in [0.05, 0.1) is 23.1 Å². The minimum absolute atomic E-state index is 0.215. The maximum Gasteiger partial charge on any atom is 0.472 e. The topological polar surface area (TPSA) is 158 Å². The summed E-state index contributed by atoms with van der Waals surface area (Å²) in [5.74, 6) is 1.13. The first-order chi connectivity index (χ1) is 15.4. The van der Waals surface area contributed by atoms with Gasteiger partial charge < -0.3 is 19.0 Å². The maximum absolute atomic E-state index is 10.9. The van der Waals surface area contributed by atoms with Crippen molar-refractivity contribution in [2.45, 2.75) is 19.8 Å². The minimum atomic E-state index is -4.62. The summed E-state index contributed by atoms with van der Waals surface area (Å²) in [5, 5.41) is 5.99.